The van der Waals surface area contributed by atoms with Crippen molar-refractivity contribution in [2.45, 2.75) is 19.8 Å². The summed E-state index contributed by atoms with van der Waals surface area (Å²) in [6.45, 7) is 2.08. The van der Waals surface area contributed by atoms with Gasteiger partial charge in [0.1, 0.15) is 5.75 Å². The number of Topliss-reactive ketones (excluding diaryl/α,β-unsaturated/α-hetero) is 1. The Bertz CT molecular complexity index is 1020. The molecule has 0 fully saturated rings. The highest BCUT2D eigenvalue weighted by Gasteiger charge is 2.31. The molecule has 1 aromatic heterocycles. The van der Waals surface area contributed by atoms with Gasteiger partial charge in [0, 0.05) is 22.2 Å². The van der Waals surface area contributed by atoms with Crippen LogP contribution in [-0.4, -0.2) is 22.7 Å². The lowest BCUT2D eigenvalue weighted by atomic mass is 9.87. The maximum Gasteiger partial charge on any atom is 0.168 e. The van der Waals surface area contributed by atoms with E-state index in [-0.39, 0.29) is 11.7 Å². The second-order valence-corrected chi connectivity index (χ2v) is 7.87. The van der Waals surface area contributed by atoms with E-state index in [2.05, 4.69) is 12.2 Å². The first-order chi connectivity index (χ1) is 13.4. The minimum atomic E-state index is 0.0872. The highest BCUT2D eigenvalue weighted by molar-refractivity contribution is 6.35. The molecule has 0 bridgehead atoms. The number of hydrogen-bond donors (Lipinski definition) is 1. The standard InChI is InChI=1S/C21H19Cl2N3O2/c1-12-7-18-20(19(27)8-12)21(24-15-10-13(22)9-14(23)11-15)25-26(18)16-3-5-17(28-2)6-4-16/h3-6,9-12H,7-8H2,1-2H3,(H,24,25)/t12-/m0/s1. The van der Waals surface area contributed by atoms with Crippen LogP contribution in [0.25, 0.3) is 5.69 Å². The van der Waals surface area contributed by atoms with Crippen LogP contribution >= 0.6 is 23.2 Å². The van der Waals surface area contributed by atoms with Crippen molar-refractivity contribution in [1.29, 1.82) is 0 Å². The molecule has 3 aromatic rings. The van der Waals surface area contributed by atoms with Gasteiger partial charge in [-0.2, -0.15) is 0 Å². The normalized spacial score (nSPS) is 16.0. The molecule has 144 valence electrons. The number of nitrogens with one attached hydrogen (secondary N) is 1. The number of methoxy groups -OCH3 is 1. The number of carbonyl (C=O) groups excluding carboxylic acids is 1. The van der Waals surface area contributed by atoms with E-state index in [1.165, 1.54) is 0 Å². The number of ether oxygens (including phenoxy) is 1. The van der Waals surface area contributed by atoms with Gasteiger partial charge >= 0.3 is 0 Å². The van der Waals surface area contributed by atoms with Crippen molar-refractivity contribution < 1.29 is 9.53 Å². The number of hydrogen-bond acceptors (Lipinski definition) is 4. The van der Waals surface area contributed by atoms with Gasteiger partial charge in [0.2, 0.25) is 0 Å². The van der Waals surface area contributed by atoms with Crippen LogP contribution in [0.15, 0.2) is 42.5 Å². The Hall–Kier alpha value is -2.50. The first-order valence-corrected chi connectivity index (χ1v) is 9.73. The molecule has 1 aliphatic carbocycles. The van der Waals surface area contributed by atoms with Gasteiger partial charge in [-0.3, -0.25) is 4.79 Å². The van der Waals surface area contributed by atoms with E-state index in [0.717, 1.165) is 23.6 Å². The summed E-state index contributed by atoms with van der Waals surface area (Å²) in [5.41, 5.74) is 3.09. The van der Waals surface area contributed by atoms with Crippen molar-refractivity contribution in [3.8, 4) is 11.4 Å². The predicted octanol–water partition coefficient (Wildman–Crippen LogP) is 5.70. The minimum Gasteiger partial charge on any atom is -0.497 e. The maximum atomic E-state index is 12.8. The molecule has 2 aromatic carbocycles. The van der Waals surface area contributed by atoms with Crippen molar-refractivity contribution in [1.82, 2.24) is 9.78 Å². The summed E-state index contributed by atoms with van der Waals surface area (Å²) >= 11 is 12.2. The van der Waals surface area contributed by atoms with E-state index in [4.69, 9.17) is 33.0 Å². The molecule has 1 N–H and O–H groups in total. The summed E-state index contributed by atoms with van der Waals surface area (Å²) < 4.78 is 7.07. The smallest absolute Gasteiger partial charge is 0.168 e. The van der Waals surface area contributed by atoms with Crippen LogP contribution in [0.1, 0.15) is 29.4 Å². The number of rotatable bonds is 4. The molecule has 0 saturated heterocycles. The molecule has 0 spiro atoms. The Labute approximate surface area is 173 Å². The molecule has 0 unspecified atom stereocenters. The summed E-state index contributed by atoms with van der Waals surface area (Å²) in [5, 5.41) is 8.96. The van der Waals surface area contributed by atoms with Crippen molar-refractivity contribution >= 4 is 40.5 Å². The Balaban J connectivity index is 1.81. The predicted molar refractivity (Wildman–Crippen MR) is 112 cm³/mol. The summed E-state index contributed by atoms with van der Waals surface area (Å²) in [6, 6.07) is 12.8. The third-order valence-corrected chi connectivity index (χ3v) is 5.21. The van der Waals surface area contributed by atoms with Gasteiger partial charge in [0.15, 0.2) is 11.6 Å². The second-order valence-electron chi connectivity index (χ2n) is 7.00. The minimum absolute atomic E-state index is 0.0872. The van der Waals surface area contributed by atoms with Crippen molar-refractivity contribution in [2.75, 3.05) is 12.4 Å². The van der Waals surface area contributed by atoms with Crippen LogP contribution in [0.4, 0.5) is 11.5 Å². The molecule has 0 saturated carbocycles. The zero-order valence-electron chi connectivity index (χ0n) is 15.5. The van der Waals surface area contributed by atoms with Gasteiger partial charge in [-0.25, -0.2) is 4.68 Å². The number of fused-ring (bicyclic) bond motifs is 1. The number of aromatic nitrogens is 2. The average molecular weight is 416 g/mol. The van der Waals surface area contributed by atoms with E-state index in [1.54, 1.807) is 25.3 Å². The lowest BCUT2D eigenvalue weighted by Gasteiger charge is -2.19. The topological polar surface area (TPSA) is 56.1 Å². The molecule has 4 rings (SSSR count). The van der Waals surface area contributed by atoms with Gasteiger partial charge < -0.3 is 10.1 Å². The number of nitrogens with zero attached hydrogens (tertiary/aromatic N) is 2. The maximum absolute atomic E-state index is 12.8. The first-order valence-electron chi connectivity index (χ1n) is 8.97. The summed E-state index contributed by atoms with van der Waals surface area (Å²) in [7, 11) is 1.63. The zero-order chi connectivity index (χ0) is 19.8. The second kappa shape index (κ2) is 7.49. The van der Waals surface area contributed by atoms with E-state index in [1.807, 2.05) is 28.9 Å². The first kappa shape index (κ1) is 18.8. The van der Waals surface area contributed by atoms with Crippen LogP contribution in [0.2, 0.25) is 10.0 Å². The van der Waals surface area contributed by atoms with Crippen LogP contribution in [0.5, 0.6) is 5.75 Å². The summed E-state index contributed by atoms with van der Waals surface area (Å²) in [5.74, 6) is 1.63. The third kappa shape index (κ3) is 3.60. The highest BCUT2D eigenvalue weighted by Crippen LogP contribution is 2.35. The highest BCUT2D eigenvalue weighted by atomic mass is 35.5. The fourth-order valence-electron chi connectivity index (χ4n) is 3.54. The third-order valence-electron chi connectivity index (χ3n) is 4.78. The van der Waals surface area contributed by atoms with Crippen LogP contribution in [0.3, 0.4) is 0 Å². The zero-order valence-corrected chi connectivity index (χ0v) is 17.0. The molecule has 1 aliphatic rings. The fourth-order valence-corrected chi connectivity index (χ4v) is 4.07. The van der Waals surface area contributed by atoms with E-state index < -0.39 is 0 Å². The molecule has 28 heavy (non-hydrogen) atoms. The molecule has 0 radical (unpaired) electrons. The van der Waals surface area contributed by atoms with Gasteiger partial charge in [-0.1, -0.05) is 30.1 Å². The van der Waals surface area contributed by atoms with Crippen LogP contribution in [-0.2, 0) is 6.42 Å². The fraction of sp³-hybridized carbons (Fsp3) is 0.238. The summed E-state index contributed by atoms with van der Waals surface area (Å²) in [4.78, 5) is 12.8. The molecule has 7 heteroatoms. The lowest BCUT2D eigenvalue weighted by molar-refractivity contribution is 0.0953. The Kier molecular flexibility index (Phi) is 5.04. The molecular weight excluding hydrogens is 397 g/mol. The molecule has 0 aliphatic heterocycles. The van der Waals surface area contributed by atoms with Crippen molar-refractivity contribution in [3.05, 3.63) is 63.8 Å². The van der Waals surface area contributed by atoms with Gasteiger partial charge in [-0.05, 0) is 54.8 Å². The van der Waals surface area contributed by atoms with Gasteiger partial charge in [0.05, 0.1) is 24.1 Å². The molecule has 1 atom stereocenters. The monoisotopic (exact) mass is 415 g/mol. The van der Waals surface area contributed by atoms with E-state index in [0.29, 0.717) is 33.5 Å². The lowest BCUT2D eigenvalue weighted by Crippen LogP contribution is -2.19. The number of halogens is 2. The van der Waals surface area contributed by atoms with E-state index >= 15 is 0 Å². The van der Waals surface area contributed by atoms with Gasteiger partial charge in [0.25, 0.3) is 0 Å². The average Bonchev–Trinajstić information content (AvgIpc) is 2.99. The molecule has 5 nitrogen and oxygen atoms in total. The summed E-state index contributed by atoms with van der Waals surface area (Å²) in [6.07, 6.45) is 1.28. The molecule has 1 heterocycles. The van der Waals surface area contributed by atoms with Crippen LogP contribution in [0, 0.1) is 5.92 Å². The van der Waals surface area contributed by atoms with Crippen molar-refractivity contribution in [2.24, 2.45) is 5.92 Å². The Morgan fingerprint density at radius 2 is 1.79 bits per heavy atom. The van der Waals surface area contributed by atoms with Crippen molar-refractivity contribution in [3.63, 3.8) is 0 Å². The SMILES string of the molecule is COc1ccc(-n2nc(Nc3cc(Cl)cc(Cl)c3)c3c2C[C@H](C)CC3=O)cc1. The Morgan fingerprint density at radius 3 is 2.43 bits per heavy atom. The number of benzene rings is 2. The van der Waals surface area contributed by atoms with Crippen LogP contribution < -0.4 is 10.1 Å². The van der Waals surface area contributed by atoms with Gasteiger partial charge in [-0.15, -0.1) is 5.10 Å². The quantitative estimate of drug-likeness (QED) is 0.593. The number of carbonyl (C=O) groups is 1. The van der Waals surface area contributed by atoms with E-state index in [9.17, 15) is 4.79 Å². The molecule has 0 amide bonds. The molecular formula is C21H19Cl2N3O2. The number of anilines is 2. The largest absolute Gasteiger partial charge is 0.497 e. The number of ketones is 1. The Morgan fingerprint density at radius 1 is 1.11 bits per heavy atom.